The van der Waals surface area contributed by atoms with E-state index >= 15 is 0 Å². The van der Waals surface area contributed by atoms with Gasteiger partial charge in [-0.3, -0.25) is 4.79 Å². The molecule has 1 saturated carbocycles. The van der Waals surface area contributed by atoms with Gasteiger partial charge in [-0.05, 0) is 43.5 Å². The number of hydrogen-bond donors (Lipinski definition) is 1. The molecule has 0 unspecified atom stereocenters. The monoisotopic (exact) mass is 361 g/mol. The molecule has 20 heavy (non-hydrogen) atoms. The van der Waals surface area contributed by atoms with Gasteiger partial charge in [-0.2, -0.15) is 4.31 Å². The highest BCUT2D eigenvalue weighted by atomic mass is 79.9. The van der Waals surface area contributed by atoms with Gasteiger partial charge >= 0.3 is 5.97 Å². The van der Waals surface area contributed by atoms with Crippen LogP contribution in [0, 0.1) is 6.92 Å². The van der Waals surface area contributed by atoms with E-state index in [9.17, 15) is 13.2 Å². The molecule has 1 aromatic carbocycles. The van der Waals surface area contributed by atoms with E-state index in [0.29, 0.717) is 0 Å². The quantitative estimate of drug-likeness (QED) is 0.843. The van der Waals surface area contributed by atoms with E-state index in [1.807, 2.05) is 6.92 Å². The van der Waals surface area contributed by atoms with Gasteiger partial charge in [-0.15, -0.1) is 0 Å². The summed E-state index contributed by atoms with van der Waals surface area (Å²) >= 11 is 3.34. The molecule has 1 fully saturated rings. The molecule has 0 spiro atoms. The molecule has 2 rings (SSSR count). The average molecular weight is 362 g/mol. The van der Waals surface area contributed by atoms with Gasteiger partial charge in [0.1, 0.15) is 0 Å². The minimum atomic E-state index is -3.62. The smallest absolute Gasteiger partial charge is 0.304 e. The third kappa shape index (κ3) is 3.39. The van der Waals surface area contributed by atoms with Crippen LogP contribution in [0.3, 0.4) is 0 Å². The van der Waals surface area contributed by atoms with Gasteiger partial charge in [0.15, 0.2) is 0 Å². The fraction of sp³-hybridized carbons (Fsp3) is 0.462. The third-order valence-corrected chi connectivity index (χ3v) is 6.07. The lowest BCUT2D eigenvalue weighted by Crippen LogP contribution is -2.35. The summed E-state index contributed by atoms with van der Waals surface area (Å²) in [5, 5.41) is 8.75. The molecule has 0 radical (unpaired) electrons. The summed E-state index contributed by atoms with van der Waals surface area (Å²) in [6.45, 7) is 1.85. The Balaban J connectivity index is 2.29. The van der Waals surface area contributed by atoms with Gasteiger partial charge in [0, 0.05) is 17.1 Å². The van der Waals surface area contributed by atoms with Gasteiger partial charge in [-0.25, -0.2) is 8.42 Å². The van der Waals surface area contributed by atoms with Crippen LogP contribution in [0.15, 0.2) is 27.6 Å². The number of sulfonamides is 1. The van der Waals surface area contributed by atoms with E-state index in [-0.39, 0.29) is 23.9 Å². The van der Waals surface area contributed by atoms with Crippen molar-refractivity contribution in [2.45, 2.75) is 37.1 Å². The van der Waals surface area contributed by atoms with Crippen LogP contribution in [0.4, 0.5) is 0 Å². The Morgan fingerprint density at radius 2 is 2.10 bits per heavy atom. The van der Waals surface area contributed by atoms with Crippen LogP contribution < -0.4 is 0 Å². The molecule has 5 nitrogen and oxygen atoms in total. The van der Waals surface area contributed by atoms with Gasteiger partial charge in [0.2, 0.25) is 10.0 Å². The van der Waals surface area contributed by atoms with Crippen LogP contribution in [0.2, 0.25) is 0 Å². The lowest BCUT2D eigenvalue weighted by atomic mass is 10.2. The summed E-state index contributed by atoms with van der Waals surface area (Å²) in [5.41, 5.74) is 0.833. The standard InChI is InChI=1S/C13H16BrNO4S/c1-9-8-11(4-5-12(9)14)20(18,19)15(10-2-3-10)7-6-13(16)17/h4-5,8,10H,2-3,6-7H2,1H3,(H,16,17). The Morgan fingerprint density at radius 1 is 1.45 bits per heavy atom. The van der Waals surface area contributed by atoms with E-state index in [1.165, 1.54) is 4.31 Å². The Labute approximate surface area is 126 Å². The number of aliphatic carboxylic acids is 1. The van der Waals surface area contributed by atoms with Gasteiger partial charge in [0.05, 0.1) is 11.3 Å². The zero-order chi connectivity index (χ0) is 14.9. The summed E-state index contributed by atoms with van der Waals surface area (Å²) in [6.07, 6.45) is 1.42. The molecular weight excluding hydrogens is 346 g/mol. The number of carboxylic acid groups (broad SMARTS) is 1. The zero-order valence-electron chi connectivity index (χ0n) is 11.0. The first-order valence-electron chi connectivity index (χ1n) is 6.32. The molecule has 110 valence electrons. The molecule has 1 N–H and O–H groups in total. The van der Waals surface area contributed by atoms with Crippen LogP contribution in [0.1, 0.15) is 24.8 Å². The van der Waals surface area contributed by atoms with Crippen molar-refractivity contribution >= 4 is 31.9 Å². The van der Waals surface area contributed by atoms with Crippen molar-refractivity contribution in [2.24, 2.45) is 0 Å². The van der Waals surface area contributed by atoms with Crippen LogP contribution >= 0.6 is 15.9 Å². The molecule has 0 saturated heterocycles. The number of rotatable bonds is 6. The van der Waals surface area contributed by atoms with Crippen molar-refractivity contribution in [3.8, 4) is 0 Å². The van der Waals surface area contributed by atoms with Crippen molar-refractivity contribution in [3.05, 3.63) is 28.2 Å². The first-order valence-corrected chi connectivity index (χ1v) is 8.55. The van der Waals surface area contributed by atoms with Crippen molar-refractivity contribution in [2.75, 3.05) is 6.54 Å². The van der Waals surface area contributed by atoms with E-state index < -0.39 is 16.0 Å². The predicted octanol–water partition coefficient (Wildman–Crippen LogP) is 2.39. The summed E-state index contributed by atoms with van der Waals surface area (Å²) in [5.74, 6) is -0.988. The second kappa shape index (κ2) is 5.83. The molecule has 0 aromatic heterocycles. The topological polar surface area (TPSA) is 74.7 Å². The first-order chi connectivity index (χ1) is 9.32. The van der Waals surface area contributed by atoms with Crippen molar-refractivity contribution in [3.63, 3.8) is 0 Å². The van der Waals surface area contributed by atoms with E-state index in [1.54, 1.807) is 18.2 Å². The second-order valence-corrected chi connectivity index (χ2v) is 7.65. The number of hydrogen-bond acceptors (Lipinski definition) is 3. The second-order valence-electron chi connectivity index (χ2n) is 4.90. The molecule has 0 heterocycles. The number of halogens is 1. The third-order valence-electron chi connectivity index (χ3n) is 3.24. The molecular formula is C13H16BrNO4S. The molecule has 0 bridgehead atoms. The van der Waals surface area contributed by atoms with Crippen molar-refractivity contribution < 1.29 is 18.3 Å². The van der Waals surface area contributed by atoms with E-state index in [4.69, 9.17) is 5.11 Å². The molecule has 1 aliphatic rings. The van der Waals surface area contributed by atoms with Crippen LogP contribution in [-0.4, -0.2) is 36.4 Å². The number of nitrogens with zero attached hydrogens (tertiary/aromatic N) is 1. The van der Waals surface area contributed by atoms with Crippen LogP contribution in [0.5, 0.6) is 0 Å². The maximum atomic E-state index is 12.6. The molecule has 1 aromatic rings. The largest absolute Gasteiger partial charge is 0.481 e. The highest BCUT2D eigenvalue weighted by Gasteiger charge is 2.38. The summed E-state index contributed by atoms with van der Waals surface area (Å²) in [7, 11) is -3.62. The molecule has 0 aliphatic heterocycles. The predicted molar refractivity (Wildman–Crippen MR) is 78.0 cm³/mol. The molecule has 0 amide bonds. The lowest BCUT2D eigenvalue weighted by Gasteiger charge is -2.21. The number of benzene rings is 1. The maximum absolute atomic E-state index is 12.6. The minimum Gasteiger partial charge on any atom is -0.481 e. The number of aryl methyl sites for hydroxylation is 1. The highest BCUT2D eigenvalue weighted by Crippen LogP contribution is 2.33. The Bertz CT molecular complexity index is 625. The van der Waals surface area contributed by atoms with Crippen molar-refractivity contribution in [1.29, 1.82) is 0 Å². The van der Waals surface area contributed by atoms with Crippen LogP contribution in [-0.2, 0) is 14.8 Å². The zero-order valence-corrected chi connectivity index (χ0v) is 13.4. The number of carbonyl (C=O) groups is 1. The highest BCUT2D eigenvalue weighted by molar-refractivity contribution is 9.10. The fourth-order valence-corrected chi connectivity index (χ4v) is 4.00. The average Bonchev–Trinajstić information content (AvgIpc) is 3.16. The van der Waals surface area contributed by atoms with Gasteiger partial charge in [0.25, 0.3) is 0 Å². The normalized spacial score (nSPS) is 15.6. The number of carboxylic acids is 1. The maximum Gasteiger partial charge on any atom is 0.304 e. The van der Waals surface area contributed by atoms with Gasteiger partial charge < -0.3 is 5.11 Å². The van der Waals surface area contributed by atoms with E-state index in [0.717, 1.165) is 22.9 Å². The molecule has 0 atom stereocenters. The van der Waals surface area contributed by atoms with E-state index in [2.05, 4.69) is 15.9 Å². The summed E-state index contributed by atoms with van der Waals surface area (Å²) < 4.78 is 27.4. The van der Waals surface area contributed by atoms with Crippen molar-refractivity contribution in [1.82, 2.24) is 4.31 Å². The minimum absolute atomic E-state index is 0.0252. The molecule has 1 aliphatic carbocycles. The fourth-order valence-electron chi connectivity index (χ4n) is 1.98. The lowest BCUT2D eigenvalue weighted by molar-refractivity contribution is -0.137. The Hall–Kier alpha value is -0.920. The Kier molecular flexibility index (Phi) is 4.51. The van der Waals surface area contributed by atoms with Crippen LogP contribution in [0.25, 0.3) is 0 Å². The summed E-state index contributed by atoms with van der Waals surface area (Å²) in [4.78, 5) is 10.9. The van der Waals surface area contributed by atoms with Gasteiger partial charge in [-0.1, -0.05) is 15.9 Å². The first kappa shape index (κ1) is 15.5. The Morgan fingerprint density at radius 3 is 2.60 bits per heavy atom. The SMILES string of the molecule is Cc1cc(S(=O)(=O)N(CCC(=O)O)C2CC2)ccc1Br. The summed E-state index contributed by atoms with van der Waals surface area (Å²) in [6, 6.07) is 4.80. The molecule has 7 heteroatoms.